The summed E-state index contributed by atoms with van der Waals surface area (Å²) >= 11 is 0. The van der Waals surface area contributed by atoms with Crippen molar-refractivity contribution in [3.63, 3.8) is 0 Å². The Bertz CT molecular complexity index is 390. The van der Waals surface area contributed by atoms with Gasteiger partial charge >= 0.3 is 0 Å². The van der Waals surface area contributed by atoms with E-state index in [0.717, 1.165) is 6.26 Å². The van der Waals surface area contributed by atoms with Crippen LogP contribution in [0, 0.1) is 0 Å². The van der Waals surface area contributed by atoms with Crippen molar-refractivity contribution >= 4 is 19.7 Å². The predicted octanol–water partition coefficient (Wildman–Crippen LogP) is 1.39. The maximum atomic E-state index is 10.6. The molecule has 15 heavy (non-hydrogen) atoms. The molecule has 92 valence electrons. The second-order valence-electron chi connectivity index (χ2n) is 3.52. The first kappa shape index (κ1) is 17.0. The third-order valence-electron chi connectivity index (χ3n) is 1.94. The number of allylic oxidation sites excluding steroid dienone is 1. The van der Waals surface area contributed by atoms with Crippen molar-refractivity contribution < 1.29 is 16.8 Å². The summed E-state index contributed by atoms with van der Waals surface area (Å²) in [4.78, 5) is 0.215. The van der Waals surface area contributed by atoms with E-state index in [1.165, 1.54) is 13.2 Å². The quantitative estimate of drug-likeness (QED) is 0.765. The van der Waals surface area contributed by atoms with Crippen LogP contribution in [0.2, 0.25) is 0 Å². The summed E-state index contributed by atoms with van der Waals surface area (Å²) in [5.41, 5.74) is 0. The first-order valence-electron chi connectivity index (χ1n) is 4.47. The lowest BCUT2D eigenvalue weighted by molar-refractivity contribution is 0.587. The molecule has 0 bridgehead atoms. The van der Waals surface area contributed by atoms with Gasteiger partial charge in [-0.15, -0.1) is 0 Å². The van der Waals surface area contributed by atoms with Gasteiger partial charge in [0.2, 0.25) is 0 Å². The van der Waals surface area contributed by atoms with Crippen molar-refractivity contribution in [3.8, 4) is 0 Å². The molecule has 0 fully saturated rings. The summed E-state index contributed by atoms with van der Waals surface area (Å²) in [6.45, 7) is 8.29. The smallest absolute Gasteiger partial charge is 0.170 e. The van der Waals surface area contributed by atoms with Gasteiger partial charge in [0.05, 0.1) is 5.25 Å². The van der Waals surface area contributed by atoms with Gasteiger partial charge in [-0.05, 0) is 20.3 Å². The zero-order valence-electron chi connectivity index (χ0n) is 9.94. The van der Waals surface area contributed by atoms with E-state index in [-0.39, 0.29) is 10.2 Å². The van der Waals surface area contributed by atoms with Crippen molar-refractivity contribution in [2.75, 3.05) is 12.5 Å². The van der Waals surface area contributed by atoms with Gasteiger partial charge in [0.15, 0.2) is 9.84 Å². The number of hydrogen-bond acceptors (Lipinski definition) is 4. The van der Waals surface area contributed by atoms with Crippen molar-refractivity contribution in [1.29, 1.82) is 0 Å². The Labute approximate surface area is 93.2 Å². The molecule has 0 spiro atoms. The molecule has 0 radical (unpaired) electrons. The van der Waals surface area contributed by atoms with Crippen LogP contribution in [0.3, 0.4) is 0 Å². The highest BCUT2D eigenvalue weighted by Crippen LogP contribution is 2.00. The Kier molecular flexibility index (Phi) is 7.13. The first-order valence-corrected chi connectivity index (χ1v) is 8.32. The molecule has 0 saturated heterocycles. The molecule has 0 aromatic heterocycles. The minimum atomic E-state index is -2.94. The van der Waals surface area contributed by atoms with Gasteiger partial charge < -0.3 is 0 Å². The maximum absolute atomic E-state index is 10.6. The van der Waals surface area contributed by atoms with E-state index in [0.29, 0.717) is 6.42 Å². The standard InChI is InChI=1S/C5H12O2S.C4H8O2S/c1-4-5(2)8(3,6)7;1-4(2)7(3,5)6/h5H,4H2,1-3H3;1H2,2-3H3. The van der Waals surface area contributed by atoms with Crippen LogP contribution in [0.5, 0.6) is 0 Å². The third kappa shape index (κ3) is 9.93. The van der Waals surface area contributed by atoms with Crippen molar-refractivity contribution in [1.82, 2.24) is 0 Å². The molecular formula is C9H20O4S2. The Morgan fingerprint density at radius 1 is 1.20 bits per heavy atom. The number of hydrogen-bond donors (Lipinski definition) is 0. The summed E-state index contributed by atoms with van der Waals surface area (Å²) in [7, 11) is -5.69. The third-order valence-corrected chi connectivity index (χ3v) is 5.00. The Balaban J connectivity index is 0. The SMILES string of the molecule is C=C(C)S(C)(=O)=O.CCC(C)S(C)(=O)=O. The average molecular weight is 256 g/mol. The van der Waals surface area contributed by atoms with Crippen LogP contribution in [0.4, 0.5) is 0 Å². The van der Waals surface area contributed by atoms with Crippen LogP contribution < -0.4 is 0 Å². The number of sulfone groups is 2. The molecule has 0 aromatic rings. The second kappa shape index (κ2) is 6.27. The molecule has 1 atom stereocenters. The van der Waals surface area contributed by atoms with E-state index in [4.69, 9.17) is 0 Å². The van der Waals surface area contributed by atoms with Crippen molar-refractivity contribution in [2.24, 2.45) is 0 Å². The zero-order valence-corrected chi connectivity index (χ0v) is 11.6. The minimum absolute atomic E-state index is 0.178. The summed E-state index contributed by atoms with van der Waals surface area (Å²) in [5, 5.41) is -0.178. The van der Waals surface area contributed by atoms with Crippen molar-refractivity contribution in [3.05, 3.63) is 11.5 Å². The van der Waals surface area contributed by atoms with E-state index in [1.807, 2.05) is 6.92 Å². The highest BCUT2D eigenvalue weighted by atomic mass is 32.2. The van der Waals surface area contributed by atoms with E-state index < -0.39 is 19.7 Å². The largest absolute Gasteiger partial charge is 0.229 e. The molecular weight excluding hydrogens is 236 g/mol. The lowest BCUT2D eigenvalue weighted by Gasteiger charge is -2.02. The minimum Gasteiger partial charge on any atom is -0.229 e. The van der Waals surface area contributed by atoms with E-state index >= 15 is 0 Å². The maximum Gasteiger partial charge on any atom is 0.170 e. The summed E-state index contributed by atoms with van der Waals surface area (Å²) in [6, 6.07) is 0. The van der Waals surface area contributed by atoms with E-state index in [9.17, 15) is 16.8 Å². The van der Waals surface area contributed by atoms with Gasteiger partial charge in [0, 0.05) is 17.4 Å². The predicted molar refractivity (Wildman–Crippen MR) is 64.3 cm³/mol. The molecule has 1 unspecified atom stereocenters. The Morgan fingerprint density at radius 2 is 1.47 bits per heavy atom. The lowest BCUT2D eigenvalue weighted by Crippen LogP contribution is -2.13. The summed E-state index contributed by atoms with van der Waals surface area (Å²) in [5.74, 6) is 0. The molecule has 0 aromatic carbocycles. The summed E-state index contributed by atoms with van der Waals surface area (Å²) in [6.07, 6.45) is 3.11. The molecule has 0 N–H and O–H groups in total. The molecule has 6 heteroatoms. The molecule has 0 aliphatic carbocycles. The van der Waals surface area contributed by atoms with Crippen molar-refractivity contribution in [2.45, 2.75) is 32.4 Å². The summed E-state index contributed by atoms with van der Waals surface area (Å²) < 4.78 is 41.6. The molecule has 0 aliphatic heterocycles. The van der Waals surface area contributed by atoms with Gasteiger partial charge in [-0.3, -0.25) is 0 Å². The zero-order chi connectivity index (χ0) is 12.9. The average Bonchev–Trinajstić information content (AvgIpc) is 2.00. The fraction of sp³-hybridized carbons (Fsp3) is 0.778. The number of rotatable bonds is 3. The van der Waals surface area contributed by atoms with E-state index in [2.05, 4.69) is 6.58 Å². The highest BCUT2D eigenvalue weighted by molar-refractivity contribution is 7.94. The molecule has 4 nitrogen and oxygen atoms in total. The second-order valence-corrected chi connectivity index (χ2v) is 8.23. The monoisotopic (exact) mass is 256 g/mol. The fourth-order valence-electron chi connectivity index (χ4n) is 0.303. The molecule has 0 aliphatic rings. The first-order chi connectivity index (χ1) is 6.42. The van der Waals surface area contributed by atoms with Gasteiger partial charge in [-0.2, -0.15) is 0 Å². The topological polar surface area (TPSA) is 68.3 Å². The van der Waals surface area contributed by atoms with Crippen LogP contribution in [0.1, 0.15) is 27.2 Å². The molecule has 0 rings (SSSR count). The van der Waals surface area contributed by atoms with Gasteiger partial charge in [0.25, 0.3) is 0 Å². The normalized spacial score (nSPS) is 13.7. The van der Waals surface area contributed by atoms with Crippen LogP contribution in [-0.2, 0) is 19.7 Å². The van der Waals surface area contributed by atoms with Crippen LogP contribution in [-0.4, -0.2) is 34.6 Å². The van der Waals surface area contributed by atoms with Gasteiger partial charge in [-0.1, -0.05) is 13.5 Å². The van der Waals surface area contributed by atoms with Crippen LogP contribution >= 0.6 is 0 Å². The van der Waals surface area contributed by atoms with Crippen LogP contribution in [0.15, 0.2) is 11.5 Å². The molecule has 0 heterocycles. The highest BCUT2D eigenvalue weighted by Gasteiger charge is 2.10. The van der Waals surface area contributed by atoms with Gasteiger partial charge in [0.1, 0.15) is 9.84 Å². The fourth-order valence-corrected chi connectivity index (χ4v) is 0.908. The Hall–Kier alpha value is -0.360. The molecule has 0 amide bonds. The van der Waals surface area contributed by atoms with Crippen LogP contribution in [0.25, 0.3) is 0 Å². The molecule has 0 saturated carbocycles. The lowest BCUT2D eigenvalue weighted by atomic mass is 10.4. The van der Waals surface area contributed by atoms with E-state index in [1.54, 1.807) is 6.92 Å². The van der Waals surface area contributed by atoms with Gasteiger partial charge in [-0.25, -0.2) is 16.8 Å². The Morgan fingerprint density at radius 3 is 1.47 bits per heavy atom.